The Morgan fingerprint density at radius 2 is 1.20 bits per heavy atom. The standard InChI is InChI=1S/C34H50N2O4/c1-3-5-7-8-9-10-11-12-13-14-15-16-17-18-33(37)36-35-28-29-19-23-32(24-20-29)40-34(38)30-21-25-31(26-22-30)39-27-6-4-2/h19-26,28H,3-18,27H2,1-2H3,(H,36,37)/b35-28-. The van der Waals surface area contributed by atoms with Crippen molar-refractivity contribution in [3.8, 4) is 11.5 Å². The smallest absolute Gasteiger partial charge is 0.343 e. The number of nitrogens with zero attached hydrogens (tertiary/aromatic N) is 1. The average molecular weight is 551 g/mol. The van der Waals surface area contributed by atoms with Gasteiger partial charge in [0.15, 0.2) is 0 Å². The van der Waals surface area contributed by atoms with Crippen molar-refractivity contribution in [3.63, 3.8) is 0 Å². The van der Waals surface area contributed by atoms with Gasteiger partial charge in [-0.3, -0.25) is 4.79 Å². The molecular formula is C34H50N2O4. The van der Waals surface area contributed by atoms with Gasteiger partial charge in [-0.2, -0.15) is 5.10 Å². The number of carbonyl (C=O) groups is 2. The van der Waals surface area contributed by atoms with E-state index in [1.165, 1.54) is 70.6 Å². The van der Waals surface area contributed by atoms with Crippen LogP contribution in [0.25, 0.3) is 0 Å². The quantitative estimate of drug-likeness (QED) is 0.0522. The number of ether oxygens (including phenoxy) is 2. The van der Waals surface area contributed by atoms with Crippen molar-refractivity contribution in [2.75, 3.05) is 6.61 Å². The molecule has 1 amide bonds. The van der Waals surface area contributed by atoms with Crippen molar-refractivity contribution in [2.45, 2.75) is 117 Å². The second-order valence-electron chi connectivity index (χ2n) is 10.5. The van der Waals surface area contributed by atoms with Gasteiger partial charge in [-0.25, -0.2) is 10.2 Å². The van der Waals surface area contributed by atoms with E-state index in [0.717, 1.165) is 37.0 Å². The largest absolute Gasteiger partial charge is 0.494 e. The number of esters is 1. The van der Waals surface area contributed by atoms with Crippen molar-refractivity contribution < 1.29 is 19.1 Å². The summed E-state index contributed by atoms with van der Waals surface area (Å²) < 4.78 is 11.1. The van der Waals surface area contributed by atoms with Crippen LogP contribution in [0.3, 0.4) is 0 Å². The van der Waals surface area contributed by atoms with E-state index in [4.69, 9.17) is 9.47 Å². The number of hydrazone groups is 1. The molecule has 0 fully saturated rings. The molecule has 1 N–H and O–H groups in total. The fraction of sp³-hybridized carbons (Fsp3) is 0.559. The van der Waals surface area contributed by atoms with Gasteiger partial charge in [0.25, 0.3) is 0 Å². The van der Waals surface area contributed by atoms with E-state index in [1.54, 1.807) is 54.7 Å². The molecule has 6 nitrogen and oxygen atoms in total. The van der Waals surface area contributed by atoms with Gasteiger partial charge in [0.05, 0.1) is 18.4 Å². The highest BCUT2D eigenvalue weighted by molar-refractivity contribution is 5.91. The number of amides is 1. The van der Waals surface area contributed by atoms with E-state index >= 15 is 0 Å². The first-order valence-corrected chi connectivity index (χ1v) is 15.5. The maximum atomic E-state index is 12.4. The van der Waals surface area contributed by atoms with E-state index in [1.807, 2.05) is 0 Å². The zero-order chi connectivity index (χ0) is 28.7. The molecule has 0 radical (unpaired) electrons. The molecule has 40 heavy (non-hydrogen) atoms. The third-order valence-electron chi connectivity index (χ3n) is 6.86. The molecule has 2 rings (SSSR count). The first kappa shape index (κ1) is 33.1. The van der Waals surface area contributed by atoms with Crippen molar-refractivity contribution >= 4 is 18.1 Å². The molecule has 6 heteroatoms. The predicted octanol–water partition coefficient (Wildman–Crippen LogP) is 9.02. The Bertz CT molecular complexity index is 970. The monoisotopic (exact) mass is 550 g/mol. The Labute approximate surface area is 241 Å². The Kier molecular flexibility index (Phi) is 17.9. The molecule has 0 aromatic heterocycles. The number of carbonyl (C=O) groups excluding carboxylic acids is 2. The van der Waals surface area contributed by atoms with Crippen LogP contribution in [0.5, 0.6) is 11.5 Å². The third-order valence-corrected chi connectivity index (χ3v) is 6.86. The SMILES string of the molecule is CCCCCCCCCCCCCCCC(=O)N/N=C\c1ccc(OC(=O)c2ccc(OCCCC)cc2)cc1. The molecule has 0 spiro atoms. The van der Waals surface area contributed by atoms with E-state index in [-0.39, 0.29) is 5.91 Å². The van der Waals surface area contributed by atoms with E-state index in [0.29, 0.717) is 24.3 Å². The maximum Gasteiger partial charge on any atom is 0.343 e. The highest BCUT2D eigenvalue weighted by atomic mass is 16.5. The summed E-state index contributed by atoms with van der Waals surface area (Å²) in [5.41, 5.74) is 3.86. The summed E-state index contributed by atoms with van der Waals surface area (Å²) in [6.07, 6.45) is 20.9. The topological polar surface area (TPSA) is 77.0 Å². The van der Waals surface area contributed by atoms with Crippen molar-refractivity contribution in [2.24, 2.45) is 5.10 Å². The molecule has 0 saturated heterocycles. The van der Waals surface area contributed by atoms with E-state index < -0.39 is 5.97 Å². The van der Waals surface area contributed by atoms with Crippen LogP contribution in [0.15, 0.2) is 53.6 Å². The van der Waals surface area contributed by atoms with Crippen LogP contribution in [-0.4, -0.2) is 24.7 Å². The van der Waals surface area contributed by atoms with Crippen LogP contribution in [0.1, 0.15) is 133 Å². The minimum Gasteiger partial charge on any atom is -0.494 e. The van der Waals surface area contributed by atoms with E-state index in [9.17, 15) is 9.59 Å². The average Bonchev–Trinajstić information content (AvgIpc) is 2.97. The molecule has 0 atom stereocenters. The van der Waals surface area contributed by atoms with Crippen molar-refractivity contribution in [1.82, 2.24) is 5.43 Å². The van der Waals surface area contributed by atoms with Crippen LogP contribution >= 0.6 is 0 Å². The summed E-state index contributed by atoms with van der Waals surface area (Å²) in [5, 5.41) is 4.05. The Morgan fingerprint density at radius 3 is 1.77 bits per heavy atom. The van der Waals surface area contributed by atoms with Gasteiger partial charge in [0.1, 0.15) is 11.5 Å². The summed E-state index contributed by atoms with van der Waals surface area (Å²) in [7, 11) is 0. The Hall–Kier alpha value is -3.15. The normalized spacial score (nSPS) is 11.1. The second-order valence-corrected chi connectivity index (χ2v) is 10.5. The van der Waals surface area contributed by atoms with Crippen molar-refractivity contribution in [1.29, 1.82) is 0 Å². The summed E-state index contributed by atoms with van der Waals surface area (Å²) in [6.45, 7) is 5.04. The lowest BCUT2D eigenvalue weighted by atomic mass is 10.0. The highest BCUT2D eigenvalue weighted by Crippen LogP contribution is 2.17. The fourth-order valence-corrected chi connectivity index (χ4v) is 4.35. The molecule has 2 aromatic carbocycles. The predicted molar refractivity (Wildman–Crippen MR) is 164 cm³/mol. The first-order valence-electron chi connectivity index (χ1n) is 15.5. The lowest BCUT2D eigenvalue weighted by molar-refractivity contribution is -0.121. The van der Waals surface area contributed by atoms with Gasteiger partial charge < -0.3 is 9.47 Å². The Balaban J connectivity index is 1.54. The molecule has 0 unspecified atom stereocenters. The molecule has 0 saturated carbocycles. The zero-order valence-electron chi connectivity index (χ0n) is 24.8. The van der Waals surface area contributed by atoms with Crippen LogP contribution in [-0.2, 0) is 4.79 Å². The van der Waals surface area contributed by atoms with Gasteiger partial charge in [-0.1, -0.05) is 97.3 Å². The van der Waals surface area contributed by atoms with Crippen LogP contribution in [0.2, 0.25) is 0 Å². The van der Waals surface area contributed by atoms with Crippen molar-refractivity contribution in [3.05, 3.63) is 59.7 Å². The summed E-state index contributed by atoms with van der Waals surface area (Å²) in [4.78, 5) is 24.5. The molecule has 0 aliphatic heterocycles. The molecule has 2 aromatic rings. The zero-order valence-corrected chi connectivity index (χ0v) is 24.8. The van der Waals surface area contributed by atoms with Gasteiger partial charge >= 0.3 is 5.97 Å². The summed E-state index contributed by atoms with van der Waals surface area (Å²) in [5.74, 6) is 0.690. The number of nitrogens with one attached hydrogen (secondary N) is 1. The van der Waals surface area contributed by atoms with Gasteiger partial charge in [-0.15, -0.1) is 0 Å². The van der Waals surface area contributed by atoms with E-state index in [2.05, 4.69) is 24.4 Å². The summed E-state index contributed by atoms with van der Waals surface area (Å²) in [6, 6.07) is 13.9. The first-order chi connectivity index (χ1) is 19.6. The van der Waals surface area contributed by atoms with Gasteiger partial charge in [0.2, 0.25) is 5.91 Å². The third kappa shape index (κ3) is 15.4. The number of benzene rings is 2. The maximum absolute atomic E-state index is 12.4. The molecule has 0 aliphatic rings. The highest BCUT2D eigenvalue weighted by Gasteiger charge is 2.09. The van der Waals surface area contributed by atoms with Crippen LogP contribution in [0.4, 0.5) is 0 Å². The summed E-state index contributed by atoms with van der Waals surface area (Å²) >= 11 is 0. The minimum atomic E-state index is -0.429. The Morgan fingerprint density at radius 1 is 0.675 bits per heavy atom. The lowest BCUT2D eigenvalue weighted by Crippen LogP contribution is -2.16. The second kappa shape index (κ2) is 21.6. The minimum absolute atomic E-state index is 0.0633. The van der Waals surface area contributed by atoms with Gasteiger partial charge in [0, 0.05) is 6.42 Å². The number of unbranched alkanes of at least 4 members (excludes halogenated alkanes) is 13. The molecule has 0 heterocycles. The molecular weight excluding hydrogens is 500 g/mol. The lowest BCUT2D eigenvalue weighted by Gasteiger charge is -2.07. The van der Waals surface area contributed by atoms with Gasteiger partial charge in [-0.05, 0) is 66.9 Å². The molecule has 220 valence electrons. The van der Waals surface area contributed by atoms with Crippen LogP contribution in [0, 0.1) is 0 Å². The molecule has 0 aliphatic carbocycles. The number of hydrogen-bond acceptors (Lipinski definition) is 5. The fourth-order valence-electron chi connectivity index (χ4n) is 4.35. The van der Waals surface area contributed by atoms with Crippen LogP contribution < -0.4 is 14.9 Å². The number of rotatable bonds is 22. The number of hydrogen-bond donors (Lipinski definition) is 1. The molecule has 0 bridgehead atoms.